The van der Waals surface area contributed by atoms with E-state index in [-0.39, 0.29) is 20.7 Å². The maximum atomic E-state index is 11.7. The molecule has 0 atom stereocenters. The van der Waals surface area contributed by atoms with E-state index in [1.54, 1.807) is 0 Å². The standard InChI is InChI=1S/C12H8Cl2N2O3S/c1-19-9-7(13)3-5(4-8(9)14)2-6-10(17)15-12(20)16-11(6)18/h2-4H,1H3,(H2,15,16,17,18,20). The number of halogens is 2. The molecule has 1 saturated heterocycles. The minimum Gasteiger partial charge on any atom is -0.494 e. The average Bonchev–Trinajstić information content (AvgIpc) is 2.33. The van der Waals surface area contributed by atoms with Crippen LogP contribution in [0.4, 0.5) is 0 Å². The lowest BCUT2D eigenvalue weighted by Gasteiger charge is -2.16. The van der Waals surface area contributed by atoms with Crippen LogP contribution in [0.15, 0.2) is 17.7 Å². The third kappa shape index (κ3) is 2.92. The van der Waals surface area contributed by atoms with Crippen LogP contribution in [0.3, 0.4) is 0 Å². The van der Waals surface area contributed by atoms with Gasteiger partial charge in [-0.15, -0.1) is 0 Å². The molecule has 1 aromatic carbocycles. The van der Waals surface area contributed by atoms with Crippen molar-refractivity contribution in [2.45, 2.75) is 0 Å². The maximum absolute atomic E-state index is 11.7. The zero-order valence-electron chi connectivity index (χ0n) is 10.1. The Morgan fingerprint density at radius 3 is 2.10 bits per heavy atom. The molecule has 1 aliphatic rings. The van der Waals surface area contributed by atoms with E-state index in [4.69, 9.17) is 40.2 Å². The molecule has 5 nitrogen and oxygen atoms in total. The summed E-state index contributed by atoms with van der Waals surface area (Å²) in [5, 5.41) is 5.20. The summed E-state index contributed by atoms with van der Waals surface area (Å²) in [4.78, 5) is 23.4. The molecule has 0 radical (unpaired) electrons. The molecule has 1 aliphatic heterocycles. The molecule has 104 valence electrons. The van der Waals surface area contributed by atoms with Crippen molar-refractivity contribution >= 4 is 58.4 Å². The fraction of sp³-hybridized carbons (Fsp3) is 0.0833. The van der Waals surface area contributed by atoms with E-state index in [1.807, 2.05) is 0 Å². The first-order valence-corrected chi connectivity index (χ1v) is 6.50. The summed E-state index contributed by atoms with van der Waals surface area (Å²) in [6, 6.07) is 3.07. The van der Waals surface area contributed by atoms with Crippen molar-refractivity contribution in [2.24, 2.45) is 0 Å². The van der Waals surface area contributed by atoms with Crippen LogP contribution in [0.5, 0.6) is 5.75 Å². The van der Waals surface area contributed by atoms with E-state index in [2.05, 4.69) is 10.6 Å². The van der Waals surface area contributed by atoms with Crippen molar-refractivity contribution in [1.29, 1.82) is 0 Å². The number of benzene rings is 1. The smallest absolute Gasteiger partial charge is 0.263 e. The Morgan fingerprint density at radius 2 is 1.65 bits per heavy atom. The largest absolute Gasteiger partial charge is 0.494 e. The van der Waals surface area contributed by atoms with Crippen LogP contribution in [0.1, 0.15) is 5.56 Å². The molecule has 2 amide bonds. The monoisotopic (exact) mass is 330 g/mol. The molecular weight excluding hydrogens is 323 g/mol. The number of rotatable bonds is 2. The van der Waals surface area contributed by atoms with Crippen molar-refractivity contribution in [2.75, 3.05) is 7.11 Å². The third-order valence-corrected chi connectivity index (χ3v) is 3.24. The molecular formula is C12H8Cl2N2O3S. The molecule has 1 heterocycles. The van der Waals surface area contributed by atoms with Gasteiger partial charge in [0.1, 0.15) is 5.57 Å². The van der Waals surface area contributed by atoms with E-state index in [0.29, 0.717) is 11.3 Å². The van der Waals surface area contributed by atoms with Gasteiger partial charge in [0, 0.05) is 0 Å². The highest BCUT2D eigenvalue weighted by Gasteiger charge is 2.25. The quantitative estimate of drug-likeness (QED) is 0.494. The van der Waals surface area contributed by atoms with Gasteiger partial charge >= 0.3 is 0 Å². The summed E-state index contributed by atoms with van der Waals surface area (Å²) in [6.45, 7) is 0. The number of carbonyl (C=O) groups is 2. The molecule has 0 saturated carbocycles. The van der Waals surface area contributed by atoms with Gasteiger partial charge in [0.15, 0.2) is 10.9 Å². The highest BCUT2D eigenvalue weighted by Crippen LogP contribution is 2.34. The Bertz CT molecular complexity index is 613. The van der Waals surface area contributed by atoms with Gasteiger partial charge in [0.2, 0.25) is 0 Å². The maximum Gasteiger partial charge on any atom is 0.263 e. The first-order valence-electron chi connectivity index (χ1n) is 5.33. The Labute approximate surface area is 129 Å². The second-order valence-electron chi connectivity index (χ2n) is 3.81. The van der Waals surface area contributed by atoms with Crippen LogP contribution in [0.25, 0.3) is 6.08 Å². The van der Waals surface area contributed by atoms with Gasteiger partial charge in [0.05, 0.1) is 17.2 Å². The zero-order valence-corrected chi connectivity index (χ0v) is 12.4. The van der Waals surface area contributed by atoms with Gasteiger partial charge in [-0.1, -0.05) is 23.2 Å². The molecule has 8 heteroatoms. The predicted molar refractivity (Wildman–Crippen MR) is 79.9 cm³/mol. The molecule has 0 unspecified atom stereocenters. The number of carbonyl (C=O) groups excluding carboxylic acids is 2. The Balaban J connectivity index is 2.42. The van der Waals surface area contributed by atoms with Crippen LogP contribution < -0.4 is 15.4 Å². The van der Waals surface area contributed by atoms with Crippen LogP contribution in [0.2, 0.25) is 10.0 Å². The number of ether oxygens (including phenoxy) is 1. The number of amides is 2. The van der Waals surface area contributed by atoms with Crippen molar-refractivity contribution in [3.8, 4) is 5.75 Å². The molecule has 0 aromatic heterocycles. The Hall–Kier alpha value is -1.63. The molecule has 2 rings (SSSR count). The zero-order chi connectivity index (χ0) is 14.9. The van der Waals surface area contributed by atoms with Crippen LogP contribution in [-0.2, 0) is 9.59 Å². The molecule has 2 N–H and O–H groups in total. The van der Waals surface area contributed by atoms with E-state index >= 15 is 0 Å². The summed E-state index contributed by atoms with van der Waals surface area (Å²) < 4.78 is 5.02. The first kappa shape index (κ1) is 14.8. The van der Waals surface area contributed by atoms with Crippen molar-refractivity contribution < 1.29 is 14.3 Å². The summed E-state index contributed by atoms with van der Waals surface area (Å²) in [5.41, 5.74) is 0.407. The molecule has 1 fully saturated rings. The summed E-state index contributed by atoms with van der Waals surface area (Å²) in [6.07, 6.45) is 1.36. The van der Waals surface area contributed by atoms with E-state index in [1.165, 1.54) is 25.3 Å². The fourth-order valence-electron chi connectivity index (χ4n) is 1.63. The van der Waals surface area contributed by atoms with E-state index in [9.17, 15) is 9.59 Å². The lowest BCUT2D eigenvalue weighted by molar-refractivity contribution is -0.123. The molecule has 0 spiro atoms. The number of hydrogen-bond acceptors (Lipinski definition) is 4. The number of thiocarbonyl (C=S) groups is 1. The lowest BCUT2D eigenvalue weighted by Crippen LogP contribution is -2.51. The van der Waals surface area contributed by atoms with Crippen molar-refractivity contribution in [3.05, 3.63) is 33.3 Å². The second kappa shape index (κ2) is 5.78. The van der Waals surface area contributed by atoms with Gasteiger partial charge in [-0.25, -0.2) is 0 Å². The van der Waals surface area contributed by atoms with Gasteiger partial charge in [-0.2, -0.15) is 0 Å². The lowest BCUT2D eigenvalue weighted by atomic mass is 10.1. The Kier molecular flexibility index (Phi) is 4.27. The molecule has 20 heavy (non-hydrogen) atoms. The normalized spacial score (nSPS) is 14.8. The number of methoxy groups -OCH3 is 1. The SMILES string of the molecule is COc1c(Cl)cc(C=C2C(=O)NC(=S)NC2=O)cc1Cl. The average molecular weight is 331 g/mol. The van der Waals surface area contributed by atoms with E-state index < -0.39 is 11.8 Å². The van der Waals surface area contributed by atoms with Crippen LogP contribution in [0, 0.1) is 0 Å². The first-order chi connectivity index (χ1) is 9.42. The molecule has 1 aromatic rings. The number of hydrogen-bond donors (Lipinski definition) is 2. The highest BCUT2D eigenvalue weighted by molar-refractivity contribution is 7.80. The molecule has 0 bridgehead atoms. The predicted octanol–water partition coefficient (Wildman–Crippen LogP) is 1.92. The number of nitrogens with one attached hydrogen (secondary N) is 2. The Morgan fingerprint density at radius 1 is 1.15 bits per heavy atom. The van der Waals surface area contributed by atoms with Gasteiger partial charge in [0.25, 0.3) is 11.8 Å². The van der Waals surface area contributed by atoms with Gasteiger partial charge in [-0.05, 0) is 36.0 Å². The van der Waals surface area contributed by atoms with Gasteiger partial charge in [-0.3, -0.25) is 20.2 Å². The summed E-state index contributed by atoms with van der Waals surface area (Å²) >= 11 is 16.7. The highest BCUT2D eigenvalue weighted by atomic mass is 35.5. The fourth-order valence-corrected chi connectivity index (χ4v) is 2.47. The van der Waals surface area contributed by atoms with Crippen LogP contribution >= 0.6 is 35.4 Å². The van der Waals surface area contributed by atoms with E-state index in [0.717, 1.165) is 0 Å². The van der Waals surface area contributed by atoms with Crippen molar-refractivity contribution in [1.82, 2.24) is 10.6 Å². The van der Waals surface area contributed by atoms with Crippen molar-refractivity contribution in [3.63, 3.8) is 0 Å². The minimum atomic E-state index is -0.582. The minimum absolute atomic E-state index is 0.0251. The summed E-state index contributed by atoms with van der Waals surface area (Å²) in [7, 11) is 1.44. The topological polar surface area (TPSA) is 67.4 Å². The summed E-state index contributed by atoms with van der Waals surface area (Å²) in [5.74, 6) is -0.835. The third-order valence-electron chi connectivity index (χ3n) is 2.48. The van der Waals surface area contributed by atoms with Gasteiger partial charge < -0.3 is 4.74 Å². The van der Waals surface area contributed by atoms with Crippen LogP contribution in [-0.4, -0.2) is 24.0 Å². The molecule has 0 aliphatic carbocycles. The second-order valence-corrected chi connectivity index (χ2v) is 5.04.